The molecule has 0 spiro atoms. The Morgan fingerprint density at radius 2 is 2.00 bits per heavy atom. The number of likely N-dealkylation sites (N-methyl/N-ethyl adjacent to an activating group) is 1. The van der Waals surface area contributed by atoms with Crippen molar-refractivity contribution >= 4 is 17.7 Å². The zero-order chi connectivity index (χ0) is 9.52. The van der Waals surface area contributed by atoms with E-state index in [0.29, 0.717) is 0 Å². The van der Waals surface area contributed by atoms with Crippen molar-refractivity contribution in [2.45, 2.75) is 6.92 Å². The lowest BCUT2D eigenvalue weighted by atomic mass is 10.2. The molecule has 1 N–H and O–H groups in total. The third kappa shape index (κ3) is 4.11. The third-order valence-electron chi connectivity index (χ3n) is 1.69. The topological polar surface area (TPSA) is 12.0 Å². The molecule has 0 aromatic heterocycles. The van der Waals surface area contributed by atoms with Gasteiger partial charge in [-0.1, -0.05) is 42.8 Å². The van der Waals surface area contributed by atoms with Crippen LogP contribution in [0.1, 0.15) is 12.5 Å². The van der Waals surface area contributed by atoms with Crippen LogP contribution in [0.4, 0.5) is 0 Å². The third-order valence-corrected chi connectivity index (χ3v) is 1.94. The molecular weight excluding hydrogens is 182 g/mol. The number of benzene rings is 1. The van der Waals surface area contributed by atoms with Gasteiger partial charge < -0.3 is 5.32 Å². The molecule has 13 heavy (non-hydrogen) atoms. The van der Waals surface area contributed by atoms with Gasteiger partial charge in [0.2, 0.25) is 0 Å². The minimum Gasteiger partial charge on any atom is -0.314 e. The lowest BCUT2D eigenvalue weighted by molar-refractivity contribution is 0.801. The molecule has 70 valence electrons. The first kappa shape index (κ1) is 10.3. The number of hydrogen-bond donors (Lipinski definition) is 1. The van der Waals surface area contributed by atoms with Crippen molar-refractivity contribution in [2.24, 2.45) is 0 Å². The van der Waals surface area contributed by atoms with Crippen molar-refractivity contribution in [1.29, 1.82) is 0 Å². The van der Waals surface area contributed by atoms with Crippen molar-refractivity contribution in [3.05, 3.63) is 40.9 Å². The average molecular weight is 196 g/mol. The summed E-state index contributed by atoms with van der Waals surface area (Å²) in [4.78, 5) is 0. The fourth-order valence-electron chi connectivity index (χ4n) is 0.997. The summed E-state index contributed by atoms with van der Waals surface area (Å²) in [6.07, 6.45) is 4.19. The molecule has 2 heteroatoms. The Morgan fingerprint density at radius 1 is 1.31 bits per heavy atom. The van der Waals surface area contributed by atoms with Gasteiger partial charge in [0.05, 0.1) is 0 Å². The number of nitrogens with one attached hydrogen (secondary N) is 1. The Kier molecular flexibility index (Phi) is 4.58. The van der Waals surface area contributed by atoms with Crippen LogP contribution in [-0.4, -0.2) is 13.1 Å². The molecule has 0 fully saturated rings. The van der Waals surface area contributed by atoms with E-state index in [9.17, 15) is 0 Å². The van der Waals surface area contributed by atoms with Crippen LogP contribution in [-0.2, 0) is 0 Å². The highest BCUT2D eigenvalue weighted by molar-refractivity contribution is 6.30. The minimum atomic E-state index is 0.781. The van der Waals surface area contributed by atoms with Gasteiger partial charge in [-0.3, -0.25) is 0 Å². The maximum atomic E-state index is 5.76. The van der Waals surface area contributed by atoms with Crippen LogP contribution in [0.3, 0.4) is 0 Å². The van der Waals surface area contributed by atoms with E-state index in [2.05, 4.69) is 24.4 Å². The smallest absolute Gasteiger partial charge is 0.0406 e. The first-order chi connectivity index (χ1) is 6.33. The van der Waals surface area contributed by atoms with Crippen molar-refractivity contribution < 1.29 is 0 Å². The highest BCUT2D eigenvalue weighted by Gasteiger charge is 1.86. The van der Waals surface area contributed by atoms with E-state index in [1.54, 1.807) is 0 Å². The molecule has 1 aromatic carbocycles. The first-order valence-electron chi connectivity index (χ1n) is 4.45. The predicted molar refractivity (Wildman–Crippen MR) is 59.0 cm³/mol. The normalized spacial score (nSPS) is 10.9. The Hall–Kier alpha value is -0.790. The van der Waals surface area contributed by atoms with E-state index in [4.69, 9.17) is 11.6 Å². The van der Waals surface area contributed by atoms with E-state index in [1.165, 1.54) is 5.56 Å². The Labute approximate surface area is 84.4 Å². The standard InChI is InChI=1S/C11H14ClN/c1-2-13-9-3-4-10-5-7-11(12)8-6-10/h3-8,13H,2,9H2,1H3. The number of hydrogen-bond acceptors (Lipinski definition) is 1. The average Bonchev–Trinajstić information content (AvgIpc) is 2.15. The second kappa shape index (κ2) is 5.79. The second-order valence-electron chi connectivity index (χ2n) is 2.76. The summed E-state index contributed by atoms with van der Waals surface area (Å²) >= 11 is 5.76. The molecule has 0 aliphatic rings. The van der Waals surface area contributed by atoms with E-state index < -0.39 is 0 Å². The summed E-state index contributed by atoms with van der Waals surface area (Å²) in [5.41, 5.74) is 1.18. The highest BCUT2D eigenvalue weighted by Crippen LogP contribution is 2.10. The lowest BCUT2D eigenvalue weighted by Gasteiger charge is -1.95. The molecule has 0 amide bonds. The van der Waals surface area contributed by atoms with Crippen LogP contribution in [0.15, 0.2) is 30.3 Å². The monoisotopic (exact) mass is 195 g/mol. The molecule has 0 saturated heterocycles. The summed E-state index contributed by atoms with van der Waals surface area (Å²) in [6, 6.07) is 7.80. The fraction of sp³-hybridized carbons (Fsp3) is 0.273. The lowest BCUT2D eigenvalue weighted by Crippen LogP contribution is -2.11. The summed E-state index contributed by atoms with van der Waals surface area (Å²) in [5.74, 6) is 0. The highest BCUT2D eigenvalue weighted by atomic mass is 35.5. The molecule has 0 radical (unpaired) electrons. The maximum Gasteiger partial charge on any atom is 0.0406 e. The van der Waals surface area contributed by atoms with Gasteiger partial charge in [-0.2, -0.15) is 0 Å². The van der Waals surface area contributed by atoms with E-state index in [0.717, 1.165) is 18.1 Å². The number of rotatable bonds is 4. The summed E-state index contributed by atoms with van der Waals surface area (Å²) in [5, 5.41) is 4.00. The molecular formula is C11H14ClN. The van der Waals surface area contributed by atoms with Gasteiger partial charge in [0.15, 0.2) is 0 Å². The van der Waals surface area contributed by atoms with Gasteiger partial charge >= 0.3 is 0 Å². The molecule has 0 bridgehead atoms. The van der Waals surface area contributed by atoms with Gasteiger partial charge in [-0.25, -0.2) is 0 Å². The van der Waals surface area contributed by atoms with Crippen LogP contribution in [0.5, 0.6) is 0 Å². The van der Waals surface area contributed by atoms with Gasteiger partial charge in [-0.15, -0.1) is 0 Å². The zero-order valence-electron chi connectivity index (χ0n) is 7.76. The van der Waals surface area contributed by atoms with Crippen LogP contribution in [0.25, 0.3) is 6.08 Å². The molecule has 1 rings (SSSR count). The molecule has 1 nitrogen and oxygen atoms in total. The van der Waals surface area contributed by atoms with Crippen molar-refractivity contribution in [3.63, 3.8) is 0 Å². The van der Waals surface area contributed by atoms with Gasteiger partial charge in [0.1, 0.15) is 0 Å². The van der Waals surface area contributed by atoms with Crippen LogP contribution < -0.4 is 5.32 Å². The Morgan fingerprint density at radius 3 is 2.62 bits per heavy atom. The van der Waals surface area contributed by atoms with Crippen LogP contribution >= 0.6 is 11.6 Å². The van der Waals surface area contributed by atoms with Crippen molar-refractivity contribution in [2.75, 3.05) is 13.1 Å². The molecule has 0 atom stereocenters. The summed E-state index contributed by atoms with van der Waals surface area (Å²) in [6.45, 7) is 4.01. The summed E-state index contributed by atoms with van der Waals surface area (Å²) < 4.78 is 0. The largest absolute Gasteiger partial charge is 0.314 e. The quantitative estimate of drug-likeness (QED) is 0.729. The molecule has 0 aliphatic heterocycles. The molecule has 0 heterocycles. The molecule has 0 saturated carbocycles. The van der Waals surface area contributed by atoms with E-state index >= 15 is 0 Å². The Balaban J connectivity index is 2.44. The van der Waals surface area contributed by atoms with Crippen LogP contribution in [0.2, 0.25) is 5.02 Å². The molecule has 0 unspecified atom stereocenters. The van der Waals surface area contributed by atoms with Crippen LogP contribution in [0, 0.1) is 0 Å². The van der Waals surface area contributed by atoms with Gasteiger partial charge in [-0.05, 0) is 24.2 Å². The zero-order valence-corrected chi connectivity index (χ0v) is 8.51. The van der Waals surface area contributed by atoms with Gasteiger partial charge in [0.25, 0.3) is 0 Å². The maximum absolute atomic E-state index is 5.76. The Bertz CT molecular complexity index is 264. The van der Waals surface area contributed by atoms with Crippen molar-refractivity contribution in [1.82, 2.24) is 5.32 Å². The molecule has 0 aliphatic carbocycles. The predicted octanol–water partition coefficient (Wildman–Crippen LogP) is 2.96. The SMILES string of the molecule is CCNCC=Cc1ccc(Cl)cc1. The fourth-order valence-corrected chi connectivity index (χ4v) is 1.12. The molecule has 1 aromatic rings. The number of halogens is 1. The van der Waals surface area contributed by atoms with E-state index in [-0.39, 0.29) is 0 Å². The van der Waals surface area contributed by atoms with Crippen molar-refractivity contribution in [3.8, 4) is 0 Å². The van der Waals surface area contributed by atoms with E-state index in [1.807, 2.05) is 24.3 Å². The van der Waals surface area contributed by atoms with Gasteiger partial charge in [0, 0.05) is 11.6 Å². The minimum absolute atomic E-state index is 0.781. The first-order valence-corrected chi connectivity index (χ1v) is 4.83. The summed E-state index contributed by atoms with van der Waals surface area (Å²) in [7, 11) is 0. The second-order valence-corrected chi connectivity index (χ2v) is 3.20.